The smallest absolute Gasteiger partial charge is 0.294 e. The van der Waals surface area contributed by atoms with Crippen LogP contribution in [0.5, 0.6) is 5.75 Å². The molecular weight excluding hydrogens is 502 g/mol. The van der Waals surface area contributed by atoms with Crippen molar-refractivity contribution in [1.82, 2.24) is 4.90 Å². The van der Waals surface area contributed by atoms with Gasteiger partial charge in [0.25, 0.3) is 17.1 Å². The number of carbonyl (C=O) groups excluding carboxylic acids is 4. The maximum absolute atomic E-state index is 12.7. The van der Waals surface area contributed by atoms with Crippen molar-refractivity contribution in [1.29, 1.82) is 0 Å². The normalized spacial score (nSPS) is 14.1. The molecule has 0 atom stereocenters. The van der Waals surface area contributed by atoms with E-state index >= 15 is 0 Å². The number of halogens is 1. The fourth-order valence-electron chi connectivity index (χ4n) is 3.23. The third-order valence-electron chi connectivity index (χ3n) is 4.89. The first-order valence-corrected chi connectivity index (χ1v) is 12.0. The van der Waals surface area contributed by atoms with Crippen molar-refractivity contribution in [3.05, 3.63) is 94.4 Å². The van der Waals surface area contributed by atoms with Crippen LogP contribution in [-0.4, -0.2) is 41.0 Å². The van der Waals surface area contributed by atoms with E-state index in [9.17, 15) is 19.2 Å². The summed E-state index contributed by atoms with van der Waals surface area (Å²) in [6, 6.07) is 22.2. The predicted octanol–water partition coefficient (Wildman–Crippen LogP) is 5.03. The van der Waals surface area contributed by atoms with Gasteiger partial charge in [0.2, 0.25) is 5.91 Å². The quantitative estimate of drug-likeness (QED) is 0.403. The largest absolute Gasteiger partial charge is 0.484 e. The van der Waals surface area contributed by atoms with E-state index in [1.807, 2.05) is 6.07 Å². The maximum Gasteiger partial charge on any atom is 0.294 e. The van der Waals surface area contributed by atoms with Crippen LogP contribution in [0.25, 0.3) is 6.08 Å². The summed E-state index contributed by atoms with van der Waals surface area (Å²) in [6.07, 6.45) is 1.57. The Morgan fingerprint density at radius 1 is 0.889 bits per heavy atom. The minimum absolute atomic E-state index is 0.199. The molecule has 0 aliphatic carbocycles. The lowest BCUT2D eigenvalue weighted by atomic mass is 10.2. The van der Waals surface area contributed by atoms with Gasteiger partial charge in [-0.15, -0.1) is 0 Å². The van der Waals surface area contributed by atoms with Crippen LogP contribution < -0.4 is 15.4 Å². The first kappa shape index (κ1) is 25.0. The molecular formula is C26H20ClN3O5S. The Balaban J connectivity index is 1.30. The predicted molar refractivity (Wildman–Crippen MR) is 140 cm³/mol. The summed E-state index contributed by atoms with van der Waals surface area (Å²) >= 11 is 6.68. The minimum atomic E-state index is -0.536. The summed E-state index contributed by atoms with van der Waals surface area (Å²) in [5, 5.41) is 5.34. The van der Waals surface area contributed by atoms with Gasteiger partial charge < -0.3 is 15.4 Å². The Hall–Kier alpha value is -4.08. The molecule has 0 spiro atoms. The number of ether oxygens (including phenoxy) is 1. The number of benzene rings is 3. The fourth-order valence-corrected chi connectivity index (χ4v) is 4.25. The molecule has 0 saturated carbocycles. The minimum Gasteiger partial charge on any atom is -0.484 e. The Labute approximate surface area is 216 Å². The number of anilines is 2. The summed E-state index contributed by atoms with van der Waals surface area (Å²) in [4.78, 5) is 50.4. The van der Waals surface area contributed by atoms with Crippen LogP contribution in [0.2, 0.25) is 5.02 Å². The molecule has 10 heteroatoms. The van der Waals surface area contributed by atoms with E-state index < -0.39 is 17.1 Å². The van der Waals surface area contributed by atoms with Gasteiger partial charge in [0.05, 0.1) is 4.91 Å². The number of amides is 4. The average Bonchev–Trinajstić information content (AvgIpc) is 3.11. The van der Waals surface area contributed by atoms with Gasteiger partial charge in [0.1, 0.15) is 12.3 Å². The van der Waals surface area contributed by atoms with Gasteiger partial charge in [0.15, 0.2) is 6.61 Å². The molecule has 4 amide bonds. The third-order valence-corrected chi connectivity index (χ3v) is 6.03. The van der Waals surface area contributed by atoms with Crippen molar-refractivity contribution in [3.8, 4) is 5.75 Å². The molecule has 1 fully saturated rings. The molecule has 3 aromatic rings. The molecule has 182 valence electrons. The zero-order valence-electron chi connectivity index (χ0n) is 18.8. The zero-order valence-corrected chi connectivity index (χ0v) is 20.3. The molecule has 8 nitrogen and oxygen atoms in total. The van der Waals surface area contributed by atoms with E-state index in [0.717, 1.165) is 16.7 Å². The van der Waals surface area contributed by atoms with Crippen LogP contribution >= 0.6 is 23.4 Å². The summed E-state index contributed by atoms with van der Waals surface area (Å²) in [6.45, 7) is -0.573. The Bertz CT molecular complexity index is 1330. The van der Waals surface area contributed by atoms with Crippen molar-refractivity contribution in [3.63, 3.8) is 0 Å². The van der Waals surface area contributed by atoms with Crippen molar-refractivity contribution in [2.75, 3.05) is 23.8 Å². The molecule has 1 saturated heterocycles. The van der Waals surface area contributed by atoms with Gasteiger partial charge in [-0.2, -0.15) is 0 Å². The highest BCUT2D eigenvalue weighted by atomic mass is 35.5. The molecule has 1 aliphatic heterocycles. The first-order chi connectivity index (χ1) is 17.4. The van der Waals surface area contributed by atoms with E-state index in [-0.39, 0.29) is 24.0 Å². The number of hydrogen-bond donors (Lipinski definition) is 2. The Morgan fingerprint density at radius 3 is 2.31 bits per heavy atom. The van der Waals surface area contributed by atoms with Gasteiger partial charge in [-0.05, 0) is 65.9 Å². The standard InChI is InChI=1S/C26H20ClN3O5S/c27-18-5-4-8-20(14-18)29-24(32)16-35-21-11-9-17(10-12-21)13-22-25(33)30(26(34)36-22)15-23(31)28-19-6-2-1-3-7-19/h1-14H,15-16H2,(H,28,31)(H,29,32)/b22-13-. The first-order valence-electron chi connectivity index (χ1n) is 10.8. The second kappa shape index (κ2) is 11.6. The van der Waals surface area contributed by atoms with Crippen LogP contribution in [0.1, 0.15) is 5.56 Å². The average molecular weight is 522 g/mol. The van der Waals surface area contributed by atoms with Gasteiger partial charge in [-0.3, -0.25) is 24.1 Å². The van der Waals surface area contributed by atoms with E-state index in [1.165, 1.54) is 0 Å². The topological polar surface area (TPSA) is 105 Å². The Kier molecular flexibility index (Phi) is 8.04. The number of hydrogen-bond acceptors (Lipinski definition) is 6. The SMILES string of the molecule is O=C(COc1ccc(/C=C2\SC(=O)N(CC(=O)Nc3ccccc3)C2=O)cc1)Nc1cccc(Cl)c1. The molecule has 0 aromatic heterocycles. The summed E-state index contributed by atoms with van der Waals surface area (Å²) < 4.78 is 5.50. The van der Waals surface area contributed by atoms with Crippen LogP contribution in [0.4, 0.5) is 16.2 Å². The molecule has 0 bridgehead atoms. The summed E-state index contributed by atoms with van der Waals surface area (Å²) in [5.74, 6) is -0.887. The second-order valence-electron chi connectivity index (χ2n) is 7.60. The molecule has 4 rings (SSSR count). The van der Waals surface area contributed by atoms with Crippen molar-refractivity contribution >= 4 is 63.8 Å². The highest BCUT2D eigenvalue weighted by molar-refractivity contribution is 8.18. The zero-order chi connectivity index (χ0) is 25.5. The highest BCUT2D eigenvalue weighted by Gasteiger charge is 2.36. The highest BCUT2D eigenvalue weighted by Crippen LogP contribution is 2.32. The van der Waals surface area contributed by atoms with Crippen LogP contribution in [0.15, 0.2) is 83.8 Å². The number of para-hydroxylation sites is 1. The van der Waals surface area contributed by atoms with E-state index in [0.29, 0.717) is 27.7 Å². The van der Waals surface area contributed by atoms with E-state index in [4.69, 9.17) is 16.3 Å². The number of nitrogens with zero attached hydrogens (tertiary/aromatic N) is 1. The number of carbonyl (C=O) groups is 4. The second-order valence-corrected chi connectivity index (χ2v) is 9.03. The van der Waals surface area contributed by atoms with Crippen molar-refractivity contribution < 1.29 is 23.9 Å². The number of rotatable bonds is 8. The molecule has 1 aliphatic rings. The molecule has 3 aromatic carbocycles. The lowest BCUT2D eigenvalue weighted by Gasteiger charge is -2.12. The molecule has 2 N–H and O–H groups in total. The maximum atomic E-state index is 12.7. The lowest BCUT2D eigenvalue weighted by Crippen LogP contribution is -2.36. The molecule has 0 unspecified atom stereocenters. The summed E-state index contributed by atoms with van der Waals surface area (Å²) in [7, 11) is 0. The van der Waals surface area contributed by atoms with Crippen LogP contribution in [-0.2, 0) is 14.4 Å². The van der Waals surface area contributed by atoms with Crippen molar-refractivity contribution in [2.45, 2.75) is 0 Å². The molecule has 0 radical (unpaired) electrons. The molecule has 36 heavy (non-hydrogen) atoms. The van der Waals surface area contributed by atoms with Gasteiger partial charge in [-0.25, -0.2) is 0 Å². The van der Waals surface area contributed by atoms with Crippen LogP contribution in [0.3, 0.4) is 0 Å². The summed E-state index contributed by atoms with van der Waals surface area (Å²) in [5.41, 5.74) is 1.80. The van der Waals surface area contributed by atoms with E-state index in [1.54, 1.807) is 78.9 Å². The monoisotopic (exact) mass is 521 g/mol. The van der Waals surface area contributed by atoms with E-state index in [2.05, 4.69) is 10.6 Å². The van der Waals surface area contributed by atoms with Gasteiger partial charge in [-0.1, -0.05) is 48.0 Å². The number of thioether (sulfide) groups is 1. The van der Waals surface area contributed by atoms with Gasteiger partial charge >= 0.3 is 0 Å². The lowest BCUT2D eigenvalue weighted by molar-refractivity contribution is -0.127. The van der Waals surface area contributed by atoms with Crippen molar-refractivity contribution in [2.24, 2.45) is 0 Å². The fraction of sp³-hybridized carbons (Fsp3) is 0.0769. The number of imide groups is 1. The van der Waals surface area contributed by atoms with Gasteiger partial charge in [0, 0.05) is 16.4 Å². The van der Waals surface area contributed by atoms with Crippen LogP contribution in [0, 0.1) is 0 Å². The Morgan fingerprint density at radius 2 is 1.58 bits per heavy atom. The molecule has 1 heterocycles. The third kappa shape index (κ3) is 6.74. The number of nitrogens with one attached hydrogen (secondary N) is 2.